The maximum Gasteiger partial charge on any atom is 0.253 e. The van der Waals surface area contributed by atoms with Gasteiger partial charge in [-0.1, -0.05) is 36.4 Å². The van der Waals surface area contributed by atoms with Crippen LogP contribution in [0.5, 0.6) is 0 Å². The van der Waals surface area contributed by atoms with Gasteiger partial charge in [0, 0.05) is 30.6 Å². The van der Waals surface area contributed by atoms with E-state index in [0.29, 0.717) is 13.0 Å². The third-order valence-corrected chi connectivity index (χ3v) is 5.42. The van der Waals surface area contributed by atoms with Gasteiger partial charge >= 0.3 is 0 Å². The standard InChI is InChI=1S/C23H25N5O/c1-16-15-20(18(3)28(16)17(2)19-9-5-4-6-10-19)23(29)24-13-12-22-26-25-21-11-7-8-14-27(21)22/h4-11,14-15,17H,12-13H2,1-3H3,(H,24,29). The summed E-state index contributed by atoms with van der Waals surface area (Å²) in [6.45, 7) is 6.72. The molecule has 3 heterocycles. The molecule has 1 N–H and O–H groups in total. The van der Waals surface area contributed by atoms with Crippen molar-refractivity contribution in [2.75, 3.05) is 6.54 Å². The Hall–Kier alpha value is -3.41. The molecule has 1 aromatic carbocycles. The molecule has 0 aliphatic rings. The SMILES string of the molecule is Cc1cc(C(=O)NCCc2nnc3ccccn23)c(C)n1C(C)c1ccccc1. The summed E-state index contributed by atoms with van der Waals surface area (Å²) in [4.78, 5) is 12.8. The Balaban J connectivity index is 1.46. The number of amides is 1. The molecule has 0 saturated heterocycles. The molecular formula is C23H25N5O. The van der Waals surface area contributed by atoms with Crippen LogP contribution in [-0.4, -0.2) is 31.6 Å². The normalized spacial score (nSPS) is 12.2. The molecule has 0 bridgehead atoms. The summed E-state index contributed by atoms with van der Waals surface area (Å²) in [7, 11) is 0. The number of hydrogen-bond donors (Lipinski definition) is 1. The second kappa shape index (κ2) is 7.91. The first-order valence-electron chi connectivity index (χ1n) is 9.86. The van der Waals surface area contributed by atoms with E-state index in [2.05, 4.69) is 39.1 Å². The third kappa shape index (κ3) is 3.66. The second-order valence-corrected chi connectivity index (χ2v) is 7.29. The van der Waals surface area contributed by atoms with E-state index in [0.717, 1.165) is 28.4 Å². The van der Waals surface area contributed by atoms with Crippen LogP contribution in [0.25, 0.3) is 5.65 Å². The average molecular weight is 387 g/mol. The molecule has 1 amide bonds. The van der Waals surface area contributed by atoms with Crippen LogP contribution in [0.1, 0.15) is 46.1 Å². The molecule has 0 fully saturated rings. The van der Waals surface area contributed by atoms with Gasteiger partial charge in [0.2, 0.25) is 0 Å². The summed E-state index contributed by atoms with van der Waals surface area (Å²) in [5.74, 6) is 0.780. The molecule has 1 unspecified atom stereocenters. The van der Waals surface area contributed by atoms with Crippen molar-refractivity contribution < 1.29 is 4.79 Å². The molecule has 4 aromatic rings. The Morgan fingerprint density at radius 3 is 2.62 bits per heavy atom. The highest BCUT2D eigenvalue weighted by molar-refractivity contribution is 5.95. The monoisotopic (exact) mass is 387 g/mol. The molecular weight excluding hydrogens is 362 g/mol. The Morgan fingerprint density at radius 1 is 1.07 bits per heavy atom. The first kappa shape index (κ1) is 18.9. The van der Waals surface area contributed by atoms with Crippen molar-refractivity contribution in [1.82, 2.24) is 24.5 Å². The average Bonchev–Trinajstić information content (AvgIpc) is 3.28. The van der Waals surface area contributed by atoms with Gasteiger partial charge in [0.1, 0.15) is 5.82 Å². The van der Waals surface area contributed by atoms with Crippen molar-refractivity contribution in [2.24, 2.45) is 0 Å². The molecule has 29 heavy (non-hydrogen) atoms. The zero-order valence-electron chi connectivity index (χ0n) is 17.0. The summed E-state index contributed by atoms with van der Waals surface area (Å²) in [6.07, 6.45) is 2.56. The molecule has 4 rings (SSSR count). The van der Waals surface area contributed by atoms with E-state index >= 15 is 0 Å². The predicted molar refractivity (Wildman–Crippen MR) is 113 cm³/mol. The minimum atomic E-state index is -0.0570. The van der Waals surface area contributed by atoms with Crippen molar-refractivity contribution in [3.63, 3.8) is 0 Å². The van der Waals surface area contributed by atoms with Crippen LogP contribution in [0.15, 0.2) is 60.8 Å². The molecule has 3 aromatic heterocycles. The van der Waals surface area contributed by atoms with Gasteiger partial charge in [-0.3, -0.25) is 9.20 Å². The molecule has 0 aliphatic heterocycles. The lowest BCUT2D eigenvalue weighted by atomic mass is 10.1. The van der Waals surface area contributed by atoms with Crippen LogP contribution in [0.2, 0.25) is 0 Å². The fourth-order valence-corrected chi connectivity index (χ4v) is 3.93. The van der Waals surface area contributed by atoms with Gasteiger partial charge in [0.05, 0.1) is 11.6 Å². The van der Waals surface area contributed by atoms with Gasteiger partial charge in [-0.15, -0.1) is 10.2 Å². The van der Waals surface area contributed by atoms with Crippen LogP contribution < -0.4 is 5.32 Å². The van der Waals surface area contributed by atoms with Gasteiger partial charge in [-0.2, -0.15) is 0 Å². The first-order chi connectivity index (χ1) is 14.1. The van der Waals surface area contributed by atoms with E-state index in [1.165, 1.54) is 5.56 Å². The quantitative estimate of drug-likeness (QED) is 0.548. The van der Waals surface area contributed by atoms with Crippen LogP contribution in [0, 0.1) is 13.8 Å². The van der Waals surface area contributed by atoms with E-state index in [1.54, 1.807) is 0 Å². The molecule has 6 heteroatoms. The minimum Gasteiger partial charge on any atom is -0.352 e. The first-order valence-corrected chi connectivity index (χ1v) is 9.86. The Bertz CT molecular complexity index is 1140. The van der Waals surface area contributed by atoms with Crippen molar-refractivity contribution in [2.45, 2.75) is 33.2 Å². The molecule has 0 aliphatic carbocycles. The summed E-state index contributed by atoms with van der Waals surface area (Å²) in [6, 6.07) is 18.3. The molecule has 1 atom stereocenters. The fourth-order valence-electron chi connectivity index (χ4n) is 3.93. The van der Waals surface area contributed by atoms with Crippen molar-refractivity contribution >= 4 is 11.6 Å². The van der Waals surface area contributed by atoms with E-state index in [1.807, 2.05) is 66.9 Å². The lowest BCUT2D eigenvalue weighted by Crippen LogP contribution is -2.26. The number of hydrogen-bond acceptors (Lipinski definition) is 3. The number of nitrogens with one attached hydrogen (secondary N) is 1. The summed E-state index contributed by atoms with van der Waals surface area (Å²) in [5, 5.41) is 11.4. The number of benzene rings is 1. The lowest BCUT2D eigenvalue weighted by molar-refractivity contribution is 0.0953. The van der Waals surface area contributed by atoms with E-state index in [-0.39, 0.29) is 11.9 Å². The predicted octanol–water partition coefficient (Wildman–Crippen LogP) is 3.73. The summed E-state index contributed by atoms with van der Waals surface area (Å²) >= 11 is 0. The number of pyridine rings is 1. The summed E-state index contributed by atoms with van der Waals surface area (Å²) in [5.41, 5.74) is 4.81. The second-order valence-electron chi connectivity index (χ2n) is 7.29. The van der Waals surface area contributed by atoms with Gasteiger partial charge in [-0.25, -0.2) is 0 Å². The number of aryl methyl sites for hydroxylation is 1. The van der Waals surface area contributed by atoms with Gasteiger partial charge in [0.25, 0.3) is 5.91 Å². The highest BCUT2D eigenvalue weighted by Gasteiger charge is 2.19. The molecule has 0 spiro atoms. The minimum absolute atomic E-state index is 0.0570. The van der Waals surface area contributed by atoms with Crippen molar-refractivity contribution in [3.8, 4) is 0 Å². The number of rotatable bonds is 6. The van der Waals surface area contributed by atoms with E-state index in [4.69, 9.17) is 0 Å². The Morgan fingerprint density at radius 2 is 1.83 bits per heavy atom. The van der Waals surface area contributed by atoms with Crippen LogP contribution >= 0.6 is 0 Å². The molecule has 148 valence electrons. The maximum atomic E-state index is 12.8. The van der Waals surface area contributed by atoms with Crippen LogP contribution in [0.3, 0.4) is 0 Å². The van der Waals surface area contributed by atoms with Gasteiger partial charge in [0.15, 0.2) is 5.65 Å². The Kier molecular flexibility index (Phi) is 5.16. The zero-order chi connectivity index (χ0) is 20.4. The molecule has 6 nitrogen and oxygen atoms in total. The number of carbonyl (C=O) groups excluding carboxylic acids is 1. The van der Waals surface area contributed by atoms with Crippen LogP contribution in [-0.2, 0) is 6.42 Å². The van der Waals surface area contributed by atoms with Gasteiger partial charge < -0.3 is 9.88 Å². The fraction of sp³-hybridized carbons (Fsp3) is 0.261. The van der Waals surface area contributed by atoms with Crippen LogP contribution in [0.4, 0.5) is 0 Å². The van der Waals surface area contributed by atoms with E-state index < -0.39 is 0 Å². The summed E-state index contributed by atoms with van der Waals surface area (Å²) < 4.78 is 4.16. The lowest BCUT2D eigenvalue weighted by Gasteiger charge is -2.19. The van der Waals surface area contributed by atoms with Crippen molar-refractivity contribution in [3.05, 3.63) is 89.1 Å². The highest BCUT2D eigenvalue weighted by atomic mass is 16.1. The smallest absolute Gasteiger partial charge is 0.253 e. The Labute approximate surface area is 170 Å². The van der Waals surface area contributed by atoms with Gasteiger partial charge in [-0.05, 0) is 44.5 Å². The number of aromatic nitrogens is 4. The number of carbonyl (C=O) groups is 1. The zero-order valence-corrected chi connectivity index (χ0v) is 17.0. The topological polar surface area (TPSA) is 64.2 Å². The van der Waals surface area contributed by atoms with E-state index in [9.17, 15) is 4.79 Å². The molecule has 0 saturated carbocycles. The number of fused-ring (bicyclic) bond motifs is 1. The van der Waals surface area contributed by atoms with Crippen molar-refractivity contribution in [1.29, 1.82) is 0 Å². The highest BCUT2D eigenvalue weighted by Crippen LogP contribution is 2.25. The maximum absolute atomic E-state index is 12.8. The number of nitrogens with zero attached hydrogens (tertiary/aromatic N) is 4. The third-order valence-electron chi connectivity index (χ3n) is 5.42. The molecule has 0 radical (unpaired) electrons. The largest absolute Gasteiger partial charge is 0.352 e.